The Balaban J connectivity index is 2.16. The Morgan fingerprint density at radius 3 is 2.07 bits per heavy atom. The lowest BCUT2D eigenvalue weighted by molar-refractivity contribution is -0.754. The van der Waals surface area contributed by atoms with Crippen LogP contribution in [0.1, 0.15) is 33.6 Å². The molecule has 1 aliphatic heterocycles. The Kier molecular flexibility index (Phi) is 2.68. The molecule has 2 heteroatoms. The molecular formula is C13H21N2+. The zero-order valence-electron chi connectivity index (χ0n) is 10.0. The maximum atomic E-state index is 2.47. The lowest BCUT2D eigenvalue weighted by Crippen LogP contribution is -2.49. The minimum atomic E-state index is 0.184. The van der Waals surface area contributed by atoms with Gasteiger partial charge in [0.15, 0.2) is 17.9 Å². The molecule has 2 rings (SSSR count). The van der Waals surface area contributed by atoms with E-state index in [1.165, 1.54) is 31.6 Å². The van der Waals surface area contributed by atoms with Crippen LogP contribution in [-0.4, -0.2) is 13.1 Å². The first-order valence-electron chi connectivity index (χ1n) is 5.84. The smallest absolute Gasteiger partial charge is 0.171 e. The average Bonchev–Trinajstić information content (AvgIpc) is 2.69. The Morgan fingerprint density at radius 1 is 1.07 bits per heavy atom. The number of pyridine rings is 1. The topological polar surface area (TPSA) is 7.12 Å². The van der Waals surface area contributed by atoms with E-state index in [9.17, 15) is 0 Å². The van der Waals surface area contributed by atoms with Gasteiger partial charge < -0.3 is 4.90 Å². The molecule has 2 heterocycles. The molecule has 0 bridgehead atoms. The maximum Gasteiger partial charge on any atom is 0.171 e. The Morgan fingerprint density at radius 2 is 1.60 bits per heavy atom. The maximum absolute atomic E-state index is 2.47. The Bertz CT molecular complexity index is 315. The third-order valence-electron chi connectivity index (χ3n) is 3.06. The van der Waals surface area contributed by atoms with E-state index in [-0.39, 0.29) is 5.54 Å². The molecule has 1 aromatic rings. The Labute approximate surface area is 92.5 Å². The normalized spacial score (nSPS) is 17.1. The molecule has 1 fully saturated rings. The SMILES string of the molecule is CC(C)(C)[n+]1ccc(N2CCCC2)cc1. The van der Waals surface area contributed by atoms with E-state index in [0.717, 1.165) is 0 Å². The molecule has 2 nitrogen and oxygen atoms in total. The van der Waals surface area contributed by atoms with Crippen LogP contribution in [0.5, 0.6) is 0 Å². The summed E-state index contributed by atoms with van der Waals surface area (Å²) in [6, 6.07) is 4.47. The zero-order valence-corrected chi connectivity index (χ0v) is 10.0. The second-order valence-corrected chi connectivity index (χ2v) is 5.33. The number of anilines is 1. The van der Waals surface area contributed by atoms with E-state index in [1.54, 1.807) is 0 Å². The number of nitrogens with zero attached hydrogens (tertiary/aromatic N) is 2. The van der Waals surface area contributed by atoms with Crippen LogP contribution in [0.3, 0.4) is 0 Å². The van der Waals surface area contributed by atoms with E-state index < -0.39 is 0 Å². The van der Waals surface area contributed by atoms with Crippen LogP contribution in [0.15, 0.2) is 24.5 Å². The van der Waals surface area contributed by atoms with Crippen LogP contribution >= 0.6 is 0 Å². The van der Waals surface area contributed by atoms with Crippen molar-refractivity contribution < 1.29 is 4.57 Å². The number of hydrogen-bond acceptors (Lipinski definition) is 1. The summed E-state index contributed by atoms with van der Waals surface area (Å²) < 4.78 is 2.26. The van der Waals surface area contributed by atoms with Crippen molar-refractivity contribution in [1.82, 2.24) is 0 Å². The highest BCUT2D eigenvalue weighted by atomic mass is 15.1. The van der Waals surface area contributed by atoms with E-state index in [0.29, 0.717) is 0 Å². The van der Waals surface area contributed by atoms with E-state index in [1.807, 2.05) is 0 Å². The van der Waals surface area contributed by atoms with Gasteiger partial charge in [-0.3, -0.25) is 0 Å². The third kappa shape index (κ3) is 2.31. The van der Waals surface area contributed by atoms with Gasteiger partial charge in [0.2, 0.25) is 0 Å². The van der Waals surface area contributed by atoms with Crippen molar-refractivity contribution in [3.05, 3.63) is 24.5 Å². The predicted octanol–water partition coefficient (Wildman–Crippen LogP) is 2.33. The van der Waals surface area contributed by atoms with Crippen molar-refractivity contribution in [3.63, 3.8) is 0 Å². The Hall–Kier alpha value is -1.05. The van der Waals surface area contributed by atoms with Crippen molar-refractivity contribution in [2.24, 2.45) is 0 Å². The summed E-state index contributed by atoms with van der Waals surface area (Å²) in [6.07, 6.45) is 7.06. The first kappa shape index (κ1) is 10.5. The van der Waals surface area contributed by atoms with Crippen molar-refractivity contribution in [2.45, 2.75) is 39.2 Å². The first-order valence-corrected chi connectivity index (χ1v) is 5.84. The molecule has 0 aromatic carbocycles. The lowest BCUT2D eigenvalue weighted by atomic mass is 10.1. The third-order valence-corrected chi connectivity index (χ3v) is 3.06. The predicted molar refractivity (Wildman–Crippen MR) is 63.1 cm³/mol. The second-order valence-electron chi connectivity index (χ2n) is 5.33. The summed E-state index contributed by atoms with van der Waals surface area (Å²) in [5.41, 5.74) is 1.55. The van der Waals surface area contributed by atoms with Gasteiger partial charge in [0.25, 0.3) is 0 Å². The molecule has 0 spiro atoms. The molecule has 0 atom stereocenters. The van der Waals surface area contributed by atoms with Crippen molar-refractivity contribution >= 4 is 5.69 Å². The molecule has 82 valence electrons. The summed E-state index contributed by atoms with van der Waals surface area (Å²) in [5, 5.41) is 0. The summed E-state index contributed by atoms with van der Waals surface area (Å²) in [5.74, 6) is 0. The standard InChI is InChI=1S/C13H21N2/c1-13(2,3)15-10-6-12(7-11-15)14-8-4-5-9-14/h6-7,10-11H,4-5,8-9H2,1-3H3/q+1. The molecule has 0 aliphatic carbocycles. The molecule has 1 aromatic heterocycles. The van der Waals surface area contributed by atoms with Gasteiger partial charge in [-0.15, -0.1) is 0 Å². The largest absolute Gasteiger partial charge is 0.371 e. The number of rotatable bonds is 1. The molecule has 0 saturated carbocycles. The van der Waals surface area contributed by atoms with Gasteiger partial charge in [-0.25, -0.2) is 4.57 Å². The number of aromatic nitrogens is 1. The van der Waals surface area contributed by atoms with Gasteiger partial charge in [0, 0.05) is 51.7 Å². The van der Waals surface area contributed by atoms with Crippen LogP contribution in [0.4, 0.5) is 5.69 Å². The van der Waals surface area contributed by atoms with E-state index >= 15 is 0 Å². The highest BCUT2D eigenvalue weighted by molar-refractivity contribution is 5.44. The monoisotopic (exact) mass is 205 g/mol. The van der Waals surface area contributed by atoms with Gasteiger partial charge in [-0.1, -0.05) is 0 Å². The first-order chi connectivity index (χ1) is 7.07. The van der Waals surface area contributed by atoms with Crippen LogP contribution in [0.25, 0.3) is 0 Å². The van der Waals surface area contributed by atoms with Crippen LogP contribution in [-0.2, 0) is 5.54 Å². The molecule has 1 saturated heterocycles. The fourth-order valence-corrected chi connectivity index (χ4v) is 2.05. The highest BCUT2D eigenvalue weighted by Crippen LogP contribution is 2.18. The summed E-state index contributed by atoms with van der Waals surface area (Å²) in [7, 11) is 0. The van der Waals surface area contributed by atoms with Crippen LogP contribution in [0, 0.1) is 0 Å². The van der Waals surface area contributed by atoms with Gasteiger partial charge in [0.05, 0.1) is 0 Å². The molecule has 0 radical (unpaired) electrons. The summed E-state index contributed by atoms with van der Waals surface area (Å²) in [6.45, 7) is 9.12. The highest BCUT2D eigenvalue weighted by Gasteiger charge is 2.21. The van der Waals surface area contributed by atoms with Crippen LogP contribution in [0.2, 0.25) is 0 Å². The van der Waals surface area contributed by atoms with E-state index in [4.69, 9.17) is 0 Å². The van der Waals surface area contributed by atoms with Gasteiger partial charge in [-0.05, 0) is 12.8 Å². The fourth-order valence-electron chi connectivity index (χ4n) is 2.05. The minimum absolute atomic E-state index is 0.184. The second kappa shape index (κ2) is 3.84. The summed E-state index contributed by atoms with van der Waals surface area (Å²) >= 11 is 0. The summed E-state index contributed by atoms with van der Waals surface area (Å²) in [4.78, 5) is 2.47. The van der Waals surface area contributed by atoms with Crippen molar-refractivity contribution in [2.75, 3.05) is 18.0 Å². The lowest BCUT2D eigenvalue weighted by Gasteiger charge is -2.18. The molecule has 0 N–H and O–H groups in total. The van der Waals surface area contributed by atoms with Gasteiger partial charge in [0.1, 0.15) is 0 Å². The molecular weight excluding hydrogens is 184 g/mol. The average molecular weight is 205 g/mol. The molecule has 15 heavy (non-hydrogen) atoms. The van der Waals surface area contributed by atoms with Crippen molar-refractivity contribution in [1.29, 1.82) is 0 Å². The molecule has 0 amide bonds. The zero-order chi connectivity index (χ0) is 10.9. The minimum Gasteiger partial charge on any atom is -0.371 e. The van der Waals surface area contributed by atoms with Gasteiger partial charge in [-0.2, -0.15) is 0 Å². The number of hydrogen-bond donors (Lipinski definition) is 0. The molecule has 1 aliphatic rings. The van der Waals surface area contributed by atoms with E-state index in [2.05, 4.69) is 54.8 Å². The van der Waals surface area contributed by atoms with Gasteiger partial charge >= 0.3 is 0 Å². The molecule has 0 unspecified atom stereocenters. The van der Waals surface area contributed by atoms with Crippen LogP contribution < -0.4 is 9.47 Å². The fraction of sp³-hybridized carbons (Fsp3) is 0.615. The quantitative estimate of drug-likeness (QED) is 0.638. The van der Waals surface area contributed by atoms with Crippen molar-refractivity contribution in [3.8, 4) is 0 Å².